The molecule has 0 unspecified atom stereocenters. The second-order valence-corrected chi connectivity index (χ2v) is 8.92. The summed E-state index contributed by atoms with van der Waals surface area (Å²) in [4.78, 5) is 11.5. The van der Waals surface area contributed by atoms with Gasteiger partial charge in [-0.05, 0) is 42.4 Å². The zero-order valence-electron chi connectivity index (χ0n) is 14.1. The topological polar surface area (TPSA) is 66.5 Å². The zero-order chi connectivity index (χ0) is 17.1. The number of carbonyl (C=O) groups excluding carboxylic acids is 1. The number of amides is 1. The van der Waals surface area contributed by atoms with Gasteiger partial charge in [0.05, 0.1) is 5.75 Å². The highest BCUT2D eigenvalue weighted by atomic mass is 32.2. The van der Waals surface area contributed by atoms with Crippen LogP contribution in [0.25, 0.3) is 0 Å². The Morgan fingerprint density at radius 3 is 2.43 bits per heavy atom. The van der Waals surface area contributed by atoms with Crippen molar-refractivity contribution in [1.82, 2.24) is 9.62 Å². The van der Waals surface area contributed by atoms with Crippen LogP contribution in [0, 0.1) is 5.41 Å². The van der Waals surface area contributed by atoms with Crippen LogP contribution in [-0.4, -0.2) is 38.8 Å². The average molecular weight is 338 g/mol. The monoisotopic (exact) mass is 338 g/mol. The molecule has 1 saturated heterocycles. The van der Waals surface area contributed by atoms with Crippen LogP contribution in [-0.2, 0) is 15.8 Å². The first-order valence-electron chi connectivity index (χ1n) is 8.02. The van der Waals surface area contributed by atoms with Crippen LogP contribution in [0.5, 0.6) is 0 Å². The lowest BCUT2D eigenvalue weighted by Crippen LogP contribution is -2.33. The number of nitrogens with zero attached hydrogens (tertiary/aromatic N) is 1. The molecule has 5 nitrogen and oxygen atoms in total. The van der Waals surface area contributed by atoms with Gasteiger partial charge in [0.25, 0.3) is 5.91 Å². The van der Waals surface area contributed by atoms with Crippen molar-refractivity contribution >= 4 is 15.9 Å². The number of hydrogen-bond acceptors (Lipinski definition) is 3. The molecule has 1 aromatic carbocycles. The highest BCUT2D eigenvalue weighted by Gasteiger charge is 2.29. The van der Waals surface area contributed by atoms with Crippen LogP contribution in [0.2, 0.25) is 0 Å². The number of hydrogen-bond donors (Lipinski definition) is 1. The molecule has 1 amide bonds. The lowest BCUT2D eigenvalue weighted by Gasteiger charge is -2.23. The first-order valence-corrected chi connectivity index (χ1v) is 9.63. The second kappa shape index (κ2) is 7.01. The lowest BCUT2D eigenvalue weighted by molar-refractivity contribution is 0.0963. The minimum atomic E-state index is -3.32. The third-order valence-electron chi connectivity index (χ3n) is 4.48. The van der Waals surface area contributed by atoms with Gasteiger partial charge in [-0.15, -0.1) is 0 Å². The van der Waals surface area contributed by atoms with Crippen molar-refractivity contribution in [3.8, 4) is 0 Å². The molecule has 0 aromatic heterocycles. The van der Waals surface area contributed by atoms with Crippen molar-refractivity contribution in [3.05, 3.63) is 35.4 Å². The van der Waals surface area contributed by atoms with Crippen LogP contribution >= 0.6 is 0 Å². The Kier molecular flexibility index (Phi) is 5.47. The van der Waals surface area contributed by atoms with Crippen LogP contribution < -0.4 is 5.32 Å². The van der Waals surface area contributed by atoms with Crippen molar-refractivity contribution in [1.29, 1.82) is 0 Å². The van der Waals surface area contributed by atoms with Gasteiger partial charge in [0.2, 0.25) is 10.0 Å². The molecule has 1 aliphatic rings. The van der Waals surface area contributed by atoms with Gasteiger partial charge in [0.15, 0.2) is 0 Å². The summed E-state index contributed by atoms with van der Waals surface area (Å²) in [6.45, 7) is 5.58. The van der Waals surface area contributed by atoms with E-state index in [2.05, 4.69) is 19.2 Å². The van der Waals surface area contributed by atoms with Crippen LogP contribution in [0.3, 0.4) is 0 Å². The molecule has 2 rings (SSSR count). The summed E-state index contributed by atoms with van der Waals surface area (Å²) in [6, 6.07) is 6.75. The van der Waals surface area contributed by atoms with E-state index < -0.39 is 10.0 Å². The van der Waals surface area contributed by atoms with Gasteiger partial charge < -0.3 is 5.32 Å². The minimum Gasteiger partial charge on any atom is -0.355 e. The largest absolute Gasteiger partial charge is 0.355 e. The minimum absolute atomic E-state index is 0.0124. The maximum atomic E-state index is 12.6. The smallest absolute Gasteiger partial charge is 0.251 e. The molecular weight excluding hydrogens is 312 g/mol. The molecule has 0 spiro atoms. The van der Waals surface area contributed by atoms with E-state index in [1.165, 1.54) is 0 Å². The fraction of sp³-hybridized carbons (Fsp3) is 0.588. The van der Waals surface area contributed by atoms with Crippen molar-refractivity contribution in [2.75, 3.05) is 20.1 Å². The Balaban J connectivity index is 2.07. The van der Waals surface area contributed by atoms with Gasteiger partial charge in [0.1, 0.15) is 0 Å². The third kappa shape index (κ3) is 4.78. The summed E-state index contributed by atoms with van der Waals surface area (Å²) in [6.07, 6.45) is 2.85. The van der Waals surface area contributed by atoms with Gasteiger partial charge in [-0.1, -0.05) is 26.0 Å². The molecule has 1 aromatic rings. The van der Waals surface area contributed by atoms with E-state index >= 15 is 0 Å². The summed E-state index contributed by atoms with van der Waals surface area (Å²) in [5, 5.41) is 2.55. The molecule has 23 heavy (non-hydrogen) atoms. The predicted molar refractivity (Wildman–Crippen MR) is 91.7 cm³/mol. The third-order valence-corrected chi connectivity index (χ3v) is 6.33. The Hall–Kier alpha value is -1.40. The quantitative estimate of drug-likeness (QED) is 0.916. The van der Waals surface area contributed by atoms with Crippen molar-refractivity contribution in [2.45, 2.75) is 38.9 Å². The first-order chi connectivity index (χ1) is 10.7. The van der Waals surface area contributed by atoms with E-state index in [9.17, 15) is 13.2 Å². The number of nitrogens with one attached hydrogen (secondary N) is 1. The molecule has 0 aliphatic carbocycles. The van der Waals surface area contributed by atoms with Gasteiger partial charge in [-0.2, -0.15) is 0 Å². The van der Waals surface area contributed by atoms with Gasteiger partial charge in [0, 0.05) is 25.7 Å². The number of rotatable bonds is 4. The molecule has 0 atom stereocenters. The van der Waals surface area contributed by atoms with Crippen LogP contribution in [0.15, 0.2) is 24.3 Å². The van der Waals surface area contributed by atoms with E-state index in [0.29, 0.717) is 24.2 Å². The summed E-state index contributed by atoms with van der Waals surface area (Å²) in [5.41, 5.74) is 1.45. The SMILES string of the molecule is CNC(=O)c1ccc(CS(=O)(=O)N2CCCC(C)(C)CC2)cc1. The molecular formula is C17H26N2O3S. The van der Waals surface area contributed by atoms with Crippen molar-refractivity contribution in [3.63, 3.8) is 0 Å². The molecule has 0 bridgehead atoms. The highest BCUT2D eigenvalue weighted by molar-refractivity contribution is 7.88. The lowest BCUT2D eigenvalue weighted by atomic mass is 9.85. The van der Waals surface area contributed by atoms with Crippen LogP contribution in [0.4, 0.5) is 0 Å². The average Bonchev–Trinajstić information content (AvgIpc) is 2.68. The highest BCUT2D eigenvalue weighted by Crippen LogP contribution is 2.31. The molecule has 1 N–H and O–H groups in total. The Morgan fingerprint density at radius 1 is 1.17 bits per heavy atom. The molecule has 6 heteroatoms. The number of sulfonamides is 1. The predicted octanol–water partition coefficient (Wildman–Crippen LogP) is 2.39. The second-order valence-electron chi connectivity index (χ2n) is 6.95. The fourth-order valence-electron chi connectivity index (χ4n) is 2.87. The first kappa shape index (κ1) is 17.9. The van der Waals surface area contributed by atoms with E-state index in [0.717, 1.165) is 19.3 Å². The van der Waals surface area contributed by atoms with E-state index in [-0.39, 0.29) is 17.1 Å². The summed E-state index contributed by atoms with van der Waals surface area (Å²) in [7, 11) is -1.74. The van der Waals surface area contributed by atoms with Crippen molar-refractivity contribution in [2.24, 2.45) is 5.41 Å². The Bertz CT molecular complexity index is 651. The summed E-state index contributed by atoms with van der Waals surface area (Å²) >= 11 is 0. The number of benzene rings is 1. The van der Waals surface area contributed by atoms with E-state index in [1.54, 1.807) is 35.6 Å². The summed E-state index contributed by atoms with van der Waals surface area (Å²) < 4.78 is 26.9. The number of carbonyl (C=O) groups is 1. The van der Waals surface area contributed by atoms with Gasteiger partial charge in [-0.3, -0.25) is 4.79 Å². The zero-order valence-corrected chi connectivity index (χ0v) is 14.9. The molecule has 1 heterocycles. The van der Waals surface area contributed by atoms with Gasteiger partial charge >= 0.3 is 0 Å². The molecule has 1 aliphatic heterocycles. The van der Waals surface area contributed by atoms with E-state index in [4.69, 9.17) is 0 Å². The van der Waals surface area contributed by atoms with E-state index in [1.807, 2.05) is 0 Å². The van der Waals surface area contributed by atoms with Gasteiger partial charge in [-0.25, -0.2) is 12.7 Å². The summed E-state index contributed by atoms with van der Waals surface area (Å²) in [5.74, 6) is -0.185. The molecule has 0 saturated carbocycles. The Morgan fingerprint density at radius 2 is 1.83 bits per heavy atom. The molecule has 0 radical (unpaired) electrons. The standard InChI is InChI=1S/C17H26N2O3S/c1-17(2)9-4-11-19(12-10-17)23(21,22)13-14-5-7-15(8-6-14)16(20)18-3/h5-8H,4,9-13H2,1-3H3,(H,18,20). The fourth-order valence-corrected chi connectivity index (χ4v) is 4.45. The normalized spacial score (nSPS) is 19.1. The molecule has 128 valence electrons. The van der Waals surface area contributed by atoms with Crippen molar-refractivity contribution < 1.29 is 13.2 Å². The molecule has 1 fully saturated rings. The maximum Gasteiger partial charge on any atom is 0.251 e. The maximum absolute atomic E-state index is 12.6. The Labute approximate surface area is 139 Å². The van der Waals surface area contributed by atoms with Crippen LogP contribution in [0.1, 0.15) is 49.0 Å².